The molecule has 0 radical (unpaired) electrons. The lowest BCUT2D eigenvalue weighted by atomic mass is 10.1. The van der Waals surface area contributed by atoms with Gasteiger partial charge >= 0.3 is 5.97 Å². The average molecular weight is 260 g/mol. The van der Waals surface area contributed by atoms with Gasteiger partial charge in [0, 0.05) is 0 Å². The molecule has 0 atom stereocenters. The number of unbranched alkanes of at least 4 members (excludes halogenated alkanes) is 2. The molecule has 0 aliphatic carbocycles. The second-order valence-corrected chi connectivity index (χ2v) is 4.34. The Kier molecular flexibility index (Phi) is 8.58. The minimum Gasteiger partial charge on any atom is -0.481 e. The Labute approximate surface area is 108 Å². The van der Waals surface area contributed by atoms with Crippen LogP contribution in [-0.4, -0.2) is 35.9 Å². The summed E-state index contributed by atoms with van der Waals surface area (Å²) in [5, 5.41) is 8.66. The maximum atomic E-state index is 11.8. The normalized spacial score (nSPS) is 11.5. The highest BCUT2D eigenvalue weighted by molar-refractivity contribution is 5.98. The van der Waals surface area contributed by atoms with Gasteiger partial charge in [-0.05, 0) is 19.8 Å². The predicted octanol–water partition coefficient (Wildman–Crippen LogP) is 2.38. The third-order valence-corrected chi connectivity index (χ3v) is 2.57. The van der Waals surface area contributed by atoms with Crippen molar-refractivity contribution >= 4 is 11.8 Å². The molecule has 1 N–H and O–H groups in total. The number of ketones is 1. The molecule has 0 aromatic heterocycles. The van der Waals surface area contributed by atoms with Crippen molar-refractivity contribution in [3.63, 3.8) is 0 Å². The number of carbonyl (C=O) groups is 2. The molecule has 0 fully saturated rings. The number of carbonyl (C=O) groups excluding carboxylic acids is 1. The van der Waals surface area contributed by atoms with Crippen LogP contribution in [0.15, 0.2) is 0 Å². The van der Waals surface area contributed by atoms with E-state index in [1.165, 1.54) is 6.92 Å². The second kappa shape index (κ2) is 9.05. The summed E-state index contributed by atoms with van der Waals surface area (Å²) in [5.41, 5.74) is 0. The van der Waals surface area contributed by atoms with Crippen molar-refractivity contribution in [3.8, 4) is 0 Å². The summed E-state index contributed by atoms with van der Waals surface area (Å²) >= 11 is 0. The van der Waals surface area contributed by atoms with Gasteiger partial charge in [-0.3, -0.25) is 9.59 Å². The van der Waals surface area contributed by atoms with E-state index in [-0.39, 0.29) is 0 Å². The topological polar surface area (TPSA) is 72.8 Å². The third kappa shape index (κ3) is 6.71. The molecule has 0 saturated carbocycles. The fraction of sp³-hybridized carbons (Fsp3) is 0.846. The fourth-order valence-corrected chi connectivity index (χ4v) is 1.32. The number of rotatable bonds is 11. The van der Waals surface area contributed by atoms with Crippen LogP contribution in [0.5, 0.6) is 0 Å². The van der Waals surface area contributed by atoms with E-state index in [1.807, 2.05) is 13.8 Å². The number of hydrogen-bond donors (Lipinski definition) is 1. The zero-order chi connectivity index (χ0) is 14.0. The minimum absolute atomic E-state index is 0.393. The van der Waals surface area contributed by atoms with E-state index in [4.69, 9.17) is 14.6 Å². The van der Waals surface area contributed by atoms with Gasteiger partial charge in [0.1, 0.15) is 6.42 Å². The highest BCUT2D eigenvalue weighted by atomic mass is 16.7. The Bertz CT molecular complexity index is 252. The van der Waals surface area contributed by atoms with Crippen LogP contribution in [0, 0.1) is 0 Å². The summed E-state index contributed by atoms with van der Waals surface area (Å²) in [5.74, 6) is -3.13. The molecule has 5 nitrogen and oxygen atoms in total. The zero-order valence-corrected chi connectivity index (χ0v) is 11.5. The molecule has 0 amide bonds. The quantitative estimate of drug-likeness (QED) is 0.351. The van der Waals surface area contributed by atoms with E-state index in [1.54, 1.807) is 0 Å². The molecule has 0 heterocycles. The van der Waals surface area contributed by atoms with Crippen LogP contribution in [-0.2, 0) is 19.1 Å². The summed E-state index contributed by atoms with van der Waals surface area (Å²) in [6, 6.07) is 0. The second-order valence-electron chi connectivity index (χ2n) is 4.34. The van der Waals surface area contributed by atoms with E-state index in [0.29, 0.717) is 13.2 Å². The van der Waals surface area contributed by atoms with Crippen molar-refractivity contribution < 1.29 is 24.2 Å². The van der Waals surface area contributed by atoms with Crippen molar-refractivity contribution in [2.75, 3.05) is 13.2 Å². The van der Waals surface area contributed by atoms with E-state index >= 15 is 0 Å². The van der Waals surface area contributed by atoms with Crippen LogP contribution in [0.3, 0.4) is 0 Å². The molecule has 0 aliphatic rings. The lowest BCUT2D eigenvalue weighted by Gasteiger charge is -2.28. The summed E-state index contributed by atoms with van der Waals surface area (Å²) in [7, 11) is 0. The Hall–Kier alpha value is -0.940. The standard InChI is InChI=1S/C13H24O5/c1-4-6-8-17-13(3,18-9-7-5-2)11(14)10-12(15)16/h4-10H2,1-3H3,(H,15,16). The molecule has 0 spiro atoms. The van der Waals surface area contributed by atoms with E-state index in [0.717, 1.165) is 25.7 Å². The number of Topliss-reactive ketones (excluding diaryl/α,β-unsaturated/α-hetero) is 1. The van der Waals surface area contributed by atoms with Crippen LogP contribution < -0.4 is 0 Å². The van der Waals surface area contributed by atoms with Crippen molar-refractivity contribution in [1.82, 2.24) is 0 Å². The molecule has 18 heavy (non-hydrogen) atoms. The Morgan fingerprint density at radius 1 is 1.06 bits per heavy atom. The lowest BCUT2D eigenvalue weighted by Crippen LogP contribution is -2.43. The molecule has 0 aromatic rings. The number of hydrogen-bond acceptors (Lipinski definition) is 4. The first kappa shape index (κ1) is 17.1. The van der Waals surface area contributed by atoms with Gasteiger partial charge in [0.05, 0.1) is 13.2 Å². The van der Waals surface area contributed by atoms with Crippen molar-refractivity contribution in [2.24, 2.45) is 0 Å². The fourth-order valence-electron chi connectivity index (χ4n) is 1.32. The first-order chi connectivity index (χ1) is 8.46. The largest absolute Gasteiger partial charge is 0.481 e. The van der Waals surface area contributed by atoms with Gasteiger partial charge in [-0.25, -0.2) is 0 Å². The molecular weight excluding hydrogens is 236 g/mol. The third-order valence-electron chi connectivity index (χ3n) is 2.57. The monoisotopic (exact) mass is 260 g/mol. The molecule has 5 heteroatoms. The molecule has 106 valence electrons. The SMILES string of the molecule is CCCCOC(C)(OCCCC)C(=O)CC(=O)O. The zero-order valence-electron chi connectivity index (χ0n) is 11.5. The molecule has 0 unspecified atom stereocenters. The molecule has 0 rings (SSSR count). The summed E-state index contributed by atoms with van der Waals surface area (Å²) in [4.78, 5) is 22.4. The highest BCUT2D eigenvalue weighted by Gasteiger charge is 2.36. The van der Waals surface area contributed by atoms with Gasteiger partial charge < -0.3 is 14.6 Å². The Morgan fingerprint density at radius 3 is 1.83 bits per heavy atom. The predicted molar refractivity (Wildman–Crippen MR) is 67.4 cm³/mol. The van der Waals surface area contributed by atoms with Gasteiger partial charge in [-0.1, -0.05) is 26.7 Å². The van der Waals surface area contributed by atoms with Crippen molar-refractivity contribution in [3.05, 3.63) is 0 Å². The van der Waals surface area contributed by atoms with Gasteiger partial charge in [-0.2, -0.15) is 0 Å². The smallest absolute Gasteiger partial charge is 0.311 e. The number of carboxylic acids is 1. The Balaban J connectivity index is 4.45. The van der Waals surface area contributed by atoms with Gasteiger partial charge in [-0.15, -0.1) is 0 Å². The van der Waals surface area contributed by atoms with Gasteiger partial charge in [0.2, 0.25) is 11.6 Å². The van der Waals surface area contributed by atoms with E-state index < -0.39 is 24.0 Å². The maximum absolute atomic E-state index is 11.8. The maximum Gasteiger partial charge on any atom is 0.311 e. The van der Waals surface area contributed by atoms with Crippen LogP contribution in [0.25, 0.3) is 0 Å². The molecule has 0 aliphatic heterocycles. The number of aliphatic carboxylic acids is 1. The van der Waals surface area contributed by atoms with E-state index in [9.17, 15) is 9.59 Å². The minimum atomic E-state index is -1.43. The van der Waals surface area contributed by atoms with Crippen LogP contribution in [0.1, 0.15) is 52.9 Å². The molecular formula is C13H24O5. The van der Waals surface area contributed by atoms with Crippen molar-refractivity contribution in [1.29, 1.82) is 0 Å². The number of ether oxygens (including phenoxy) is 2. The summed E-state index contributed by atoms with van der Waals surface area (Å²) in [6.45, 7) is 6.31. The number of carboxylic acid groups (broad SMARTS) is 1. The first-order valence-corrected chi connectivity index (χ1v) is 6.49. The highest BCUT2D eigenvalue weighted by Crippen LogP contribution is 2.17. The first-order valence-electron chi connectivity index (χ1n) is 6.49. The van der Waals surface area contributed by atoms with Crippen molar-refractivity contribution in [2.45, 2.75) is 58.7 Å². The summed E-state index contributed by atoms with van der Waals surface area (Å²) in [6.07, 6.45) is 2.94. The van der Waals surface area contributed by atoms with Gasteiger partial charge in [0.15, 0.2) is 0 Å². The van der Waals surface area contributed by atoms with Crippen LogP contribution in [0.2, 0.25) is 0 Å². The van der Waals surface area contributed by atoms with Crippen LogP contribution in [0.4, 0.5) is 0 Å². The Morgan fingerprint density at radius 2 is 1.50 bits per heavy atom. The van der Waals surface area contributed by atoms with Crippen LogP contribution >= 0.6 is 0 Å². The van der Waals surface area contributed by atoms with E-state index in [2.05, 4.69) is 0 Å². The molecule has 0 aromatic carbocycles. The summed E-state index contributed by atoms with van der Waals surface area (Å²) < 4.78 is 10.9. The average Bonchev–Trinajstić information content (AvgIpc) is 2.29. The van der Waals surface area contributed by atoms with Gasteiger partial charge in [0.25, 0.3) is 0 Å². The molecule has 0 bridgehead atoms. The lowest BCUT2D eigenvalue weighted by molar-refractivity contribution is -0.221. The molecule has 0 saturated heterocycles.